The Labute approximate surface area is 169 Å². The summed E-state index contributed by atoms with van der Waals surface area (Å²) in [7, 11) is 0. The van der Waals surface area contributed by atoms with Crippen LogP contribution in [0.4, 0.5) is 11.6 Å². The van der Waals surface area contributed by atoms with Crippen LogP contribution in [0.25, 0.3) is 0 Å². The van der Waals surface area contributed by atoms with E-state index in [0.29, 0.717) is 23.3 Å². The Morgan fingerprint density at radius 3 is 2.76 bits per heavy atom. The van der Waals surface area contributed by atoms with E-state index in [1.807, 2.05) is 24.3 Å². The lowest BCUT2D eigenvalue weighted by molar-refractivity contribution is 0.0710. The van der Waals surface area contributed by atoms with Gasteiger partial charge in [0.1, 0.15) is 23.7 Å². The maximum Gasteiger partial charge on any atom is 0.270 e. The molecule has 3 N–H and O–H groups in total. The highest BCUT2D eigenvalue weighted by Crippen LogP contribution is 2.46. The zero-order valence-electron chi connectivity index (χ0n) is 16.3. The zero-order chi connectivity index (χ0) is 20.0. The van der Waals surface area contributed by atoms with Crippen molar-refractivity contribution < 1.29 is 4.79 Å². The molecule has 1 amide bonds. The van der Waals surface area contributed by atoms with Gasteiger partial charge in [-0.25, -0.2) is 9.97 Å². The van der Waals surface area contributed by atoms with Crippen molar-refractivity contribution >= 4 is 17.5 Å². The van der Waals surface area contributed by atoms with Crippen molar-refractivity contribution in [2.45, 2.75) is 13.0 Å². The number of aryl methyl sites for hydroxylation is 1. The number of benzene rings is 1. The number of aromatic nitrogens is 3. The molecule has 148 valence electrons. The largest absolute Gasteiger partial charge is 0.384 e. The first-order valence-electron chi connectivity index (χ1n) is 9.94. The van der Waals surface area contributed by atoms with Crippen molar-refractivity contribution in [3.63, 3.8) is 0 Å². The average Bonchev–Trinajstić information content (AvgIpc) is 3.44. The predicted molar refractivity (Wildman–Crippen MR) is 111 cm³/mol. The number of nitrogens with two attached hydrogens (primary N) is 1. The van der Waals surface area contributed by atoms with Crippen LogP contribution in [0.2, 0.25) is 0 Å². The molecule has 7 nitrogen and oxygen atoms in total. The van der Waals surface area contributed by atoms with Crippen LogP contribution in [-0.4, -0.2) is 45.4 Å². The second kappa shape index (κ2) is 6.92. The first-order chi connectivity index (χ1) is 14.1. The SMILES string of the molecule is Cc1ccccc1[C@@H]1[C@H]2CN(c3cc(N)ncn3)C[C@H]2CN1C(=O)c1ccc[nH]1. The Kier molecular flexibility index (Phi) is 4.23. The van der Waals surface area contributed by atoms with E-state index in [4.69, 9.17) is 5.73 Å². The number of aromatic amines is 1. The molecule has 2 fully saturated rings. The predicted octanol–water partition coefficient (Wildman–Crippen LogP) is 2.65. The van der Waals surface area contributed by atoms with Gasteiger partial charge in [0.15, 0.2) is 0 Å². The minimum absolute atomic E-state index is 0.0428. The molecule has 3 aromatic rings. The summed E-state index contributed by atoms with van der Waals surface area (Å²) >= 11 is 0. The summed E-state index contributed by atoms with van der Waals surface area (Å²) < 4.78 is 0. The third kappa shape index (κ3) is 3.03. The van der Waals surface area contributed by atoms with Crippen LogP contribution >= 0.6 is 0 Å². The van der Waals surface area contributed by atoms with Crippen molar-refractivity contribution in [2.75, 3.05) is 30.3 Å². The molecular formula is C22H24N6O. The van der Waals surface area contributed by atoms with Crippen LogP contribution < -0.4 is 10.6 Å². The Balaban J connectivity index is 1.49. The third-order valence-electron chi connectivity index (χ3n) is 6.26. The number of nitrogens with zero attached hydrogens (tertiary/aromatic N) is 4. The van der Waals surface area contributed by atoms with Gasteiger partial charge in [0.05, 0.1) is 6.04 Å². The number of carbonyl (C=O) groups is 1. The third-order valence-corrected chi connectivity index (χ3v) is 6.26. The fourth-order valence-electron chi connectivity index (χ4n) is 4.91. The molecule has 0 unspecified atom stereocenters. The number of rotatable bonds is 3. The average molecular weight is 388 g/mol. The van der Waals surface area contributed by atoms with Crippen molar-refractivity contribution in [2.24, 2.45) is 11.8 Å². The highest BCUT2D eigenvalue weighted by atomic mass is 16.2. The molecule has 29 heavy (non-hydrogen) atoms. The molecule has 2 aromatic heterocycles. The maximum atomic E-state index is 13.3. The van der Waals surface area contributed by atoms with E-state index in [1.54, 1.807) is 6.20 Å². The van der Waals surface area contributed by atoms with Gasteiger partial charge in [-0.1, -0.05) is 24.3 Å². The maximum absolute atomic E-state index is 13.3. The fourth-order valence-corrected chi connectivity index (χ4v) is 4.91. The van der Waals surface area contributed by atoms with Crippen molar-refractivity contribution in [1.82, 2.24) is 19.9 Å². The molecule has 3 atom stereocenters. The molecule has 2 saturated heterocycles. The summed E-state index contributed by atoms with van der Waals surface area (Å²) in [4.78, 5) is 29.1. The number of amides is 1. The monoisotopic (exact) mass is 388 g/mol. The van der Waals surface area contributed by atoms with Crippen LogP contribution in [0.5, 0.6) is 0 Å². The number of hydrogen-bond donors (Lipinski definition) is 2. The number of anilines is 2. The Morgan fingerprint density at radius 1 is 1.14 bits per heavy atom. The van der Waals surface area contributed by atoms with E-state index in [1.165, 1.54) is 17.5 Å². The van der Waals surface area contributed by atoms with Gasteiger partial charge in [0, 0.05) is 43.7 Å². The first-order valence-corrected chi connectivity index (χ1v) is 9.94. The molecular weight excluding hydrogens is 364 g/mol. The van der Waals surface area contributed by atoms with Gasteiger partial charge in [-0.2, -0.15) is 0 Å². The molecule has 0 aliphatic carbocycles. The molecule has 0 radical (unpaired) electrons. The van der Waals surface area contributed by atoms with Crippen LogP contribution in [-0.2, 0) is 0 Å². The normalized spacial score (nSPS) is 23.4. The summed E-state index contributed by atoms with van der Waals surface area (Å²) in [6.07, 6.45) is 3.31. The molecule has 2 aliphatic heterocycles. The minimum Gasteiger partial charge on any atom is -0.384 e. The van der Waals surface area contributed by atoms with Crippen LogP contribution in [0.15, 0.2) is 55.0 Å². The van der Waals surface area contributed by atoms with Gasteiger partial charge < -0.3 is 20.5 Å². The first kappa shape index (κ1) is 17.7. The number of fused-ring (bicyclic) bond motifs is 1. The summed E-state index contributed by atoms with van der Waals surface area (Å²) in [5.41, 5.74) is 8.95. The van der Waals surface area contributed by atoms with E-state index in [0.717, 1.165) is 25.5 Å². The molecule has 0 bridgehead atoms. The lowest BCUT2D eigenvalue weighted by atomic mass is 9.87. The summed E-state index contributed by atoms with van der Waals surface area (Å²) in [6.45, 7) is 4.56. The number of carbonyl (C=O) groups excluding carboxylic acids is 1. The highest BCUT2D eigenvalue weighted by Gasteiger charge is 2.50. The number of H-pyrrole nitrogens is 1. The van der Waals surface area contributed by atoms with Crippen LogP contribution in [0.3, 0.4) is 0 Å². The molecule has 0 spiro atoms. The van der Waals surface area contributed by atoms with E-state index in [9.17, 15) is 4.79 Å². The topological polar surface area (TPSA) is 91.1 Å². The molecule has 4 heterocycles. The summed E-state index contributed by atoms with van der Waals surface area (Å²) in [5.74, 6) is 2.13. The highest BCUT2D eigenvalue weighted by molar-refractivity contribution is 5.93. The van der Waals surface area contributed by atoms with Crippen molar-refractivity contribution in [1.29, 1.82) is 0 Å². The number of nitrogen functional groups attached to an aromatic ring is 1. The lowest BCUT2D eigenvalue weighted by Gasteiger charge is -2.31. The summed E-state index contributed by atoms with van der Waals surface area (Å²) in [6, 6.07) is 14.0. The molecule has 7 heteroatoms. The number of likely N-dealkylation sites (tertiary alicyclic amines) is 1. The van der Waals surface area contributed by atoms with Gasteiger partial charge in [-0.15, -0.1) is 0 Å². The van der Waals surface area contributed by atoms with Crippen molar-refractivity contribution in [3.05, 3.63) is 71.8 Å². The molecule has 2 aliphatic rings. The smallest absolute Gasteiger partial charge is 0.270 e. The van der Waals surface area contributed by atoms with Crippen LogP contribution in [0.1, 0.15) is 27.7 Å². The van der Waals surface area contributed by atoms with Crippen molar-refractivity contribution in [3.8, 4) is 0 Å². The summed E-state index contributed by atoms with van der Waals surface area (Å²) in [5, 5.41) is 0. The Bertz CT molecular complexity index is 1030. The van der Waals surface area contributed by atoms with Crippen LogP contribution in [0, 0.1) is 18.8 Å². The molecule has 5 rings (SSSR count). The quantitative estimate of drug-likeness (QED) is 0.720. The van der Waals surface area contributed by atoms with Gasteiger partial charge in [-0.05, 0) is 30.2 Å². The Morgan fingerprint density at radius 2 is 2.00 bits per heavy atom. The van der Waals surface area contributed by atoms with Gasteiger partial charge in [0.25, 0.3) is 5.91 Å². The van der Waals surface area contributed by atoms with E-state index < -0.39 is 0 Å². The van der Waals surface area contributed by atoms with Gasteiger partial charge in [-0.3, -0.25) is 4.79 Å². The fraction of sp³-hybridized carbons (Fsp3) is 0.318. The lowest BCUT2D eigenvalue weighted by Crippen LogP contribution is -2.36. The van der Waals surface area contributed by atoms with E-state index >= 15 is 0 Å². The Hall–Kier alpha value is -3.35. The second-order valence-electron chi connectivity index (χ2n) is 7.97. The zero-order valence-corrected chi connectivity index (χ0v) is 16.3. The number of nitrogens with one attached hydrogen (secondary N) is 1. The van der Waals surface area contributed by atoms with Gasteiger partial charge >= 0.3 is 0 Å². The standard InChI is InChI=1S/C22H24N6O/c1-14-5-2-3-6-16(14)21-17-12-27(20-9-19(23)25-13-26-20)10-15(17)11-28(21)22(29)18-7-4-8-24-18/h2-9,13,15,17,21,24H,10-12H2,1H3,(H2,23,25,26)/t15-,17-,21+/m0/s1. The second-order valence-corrected chi connectivity index (χ2v) is 7.97. The van der Waals surface area contributed by atoms with Gasteiger partial charge in [0.2, 0.25) is 0 Å². The molecule has 1 aromatic carbocycles. The van der Waals surface area contributed by atoms with E-state index in [-0.39, 0.29) is 11.9 Å². The minimum atomic E-state index is 0.0428. The number of hydrogen-bond acceptors (Lipinski definition) is 5. The molecule has 0 saturated carbocycles. The van der Waals surface area contributed by atoms with E-state index in [2.05, 4.69) is 49.9 Å².